The Bertz CT molecular complexity index is 634. The Labute approximate surface area is 148 Å². The normalized spacial score (nSPS) is 17.0. The highest BCUT2D eigenvalue weighted by atomic mass is 19.1. The molecular weight excluding hydrogens is 323 g/mol. The molecule has 0 unspecified atom stereocenters. The summed E-state index contributed by atoms with van der Waals surface area (Å²) in [4.78, 5) is 26.8. The molecule has 2 amide bonds. The van der Waals surface area contributed by atoms with Crippen LogP contribution in [0.2, 0.25) is 0 Å². The van der Waals surface area contributed by atoms with E-state index in [1.54, 1.807) is 19.2 Å². The second-order valence-corrected chi connectivity index (χ2v) is 7.66. The van der Waals surface area contributed by atoms with Crippen LogP contribution in [0.25, 0.3) is 0 Å². The summed E-state index contributed by atoms with van der Waals surface area (Å²) in [5.41, 5.74) is -0.569. The highest BCUT2D eigenvalue weighted by Crippen LogP contribution is 2.36. The Hall–Kier alpha value is -1.95. The summed E-state index contributed by atoms with van der Waals surface area (Å²) in [5, 5.41) is 2.85. The van der Waals surface area contributed by atoms with Gasteiger partial charge in [0.05, 0.1) is 12.0 Å². The minimum Gasteiger partial charge on any atom is -0.381 e. The van der Waals surface area contributed by atoms with E-state index in [1.165, 1.54) is 17.0 Å². The fraction of sp³-hybridized carbons (Fsp3) is 0.579. The molecule has 25 heavy (non-hydrogen) atoms. The number of ether oxygens (including phenoxy) is 1. The lowest BCUT2D eigenvalue weighted by Gasteiger charge is -2.39. The van der Waals surface area contributed by atoms with Gasteiger partial charge in [0.15, 0.2) is 0 Å². The zero-order valence-electron chi connectivity index (χ0n) is 15.4. The minimum absolute atomic E-state index is 0.0337. The van der Waals surface area contributed by atoms with Crippen LogP contribution in [0.1, 0.15) is 39.2 Å². The summed E-state index contributed by atoms with van der Waals surface area (Å²) >= 11 is 0. The van der Waals surface area contributed by atoms with Crippen LogP contribution in [0, 0.1) is 5.82 Å². The number of carbonyl (C=O) groups excluding carboxylic acids is 2. The maximum atomic E-state index is 13.7. The van der Waals surface area contributed by atoms with Gasteiger partial charge in [0.25, 0.3) is 0 Å². The van der Waals surface area contributed by atoms with Gasteiger partial charge >= 0.3 is 0 Å². The summed E-state index contributed by atoms with van der Waals surface area (Å²) in [7, 11) is 1.61. The SMILES string of the molecule is CN(CC(=O)NC(C)(C)C)C(=O)C1(c2cccc(F)c2)CCOCC1. The molecule has 1 saturated heterocycles. The van der Waals surface area contributed by atoms with E-state index in [0.29, 0.717) is 31.6 Å². The monoisotopic (exact) mass is 350 g/mol. The fourth-order valence-electron chi connectivity index (χ4n) is 3.24. The Morgan fingerprint density at radius 2 is 1.92 bits per heavy atom. The Kier molecular flexibility index (Phi) is 5.83. The van der Waals surface area contributed by atoms with Gasteiger partial charge in [-0.15, -0.1) is 0 Å². The van der Waals surface area contributed by atoms with Gasteiger partial charge in [0.1, 0.15) is 5.82 Å². The van der Waals surface area contributed by atoms with Crippen LogP contribution in [-0.4, -0.2) is 49.1 Å². The first-order chi connectivity index (χ1) is 11.6. The van der Waals surface area contributed by atoms with E-state index in [-0.39, 0.29) is 29.7 Å². The first kappa shape index (κ1) is 19.4. The first-order valence-corrected chi connectivity index (χ1v) is 8.54. The number of carbonyl (C=O) groups is 2. The zero-order chi connectivity index (χ0) is 18.7. The summed E-state index contributed by atoms with van der Waals surface area (Å²) in [5.74, 6) is -0.764. The van der Waals surface area contributed by atoms with Crippen molar-refractivity contribution in [2.45, 2.75) is 44.6 Å². The smallest absolute Gasteiger partial charge is 0.240 e. The first-order valence-electron chi connectivity index (χ1n) is 8.54. The molecule has 138 valence electrons. The second-order valence-electron chi connectivity index (χ2n) is 7.66. The molecule has 6 heteroatoms. The predicted molar refractivity (Wildman–Crippen MR) is 93.7 cm³/mol. The van der Waals surface area contributed by atoms with Crippen molar-refractivity contribution in [3.05, 3.63) is 35.6 Å². The van der Waals surface area contributed by atoms with E-state index >= 15 is 0 Å². The van der Waals surface area contributed by atoms with Crippen molar-refractivity contribution in [3.63, 3.8) is 0 Å². The molecule has 0 aliphatic carbocycles. The van der Waals surface area contributed by atoms with Crippen LogP contribution in [0.5, 0.6) is 0 Å². The number of nitrogens with one attached hydrogen (secondary N) is 1. The van der Waals surface area contributed by atoms with Crippen molar-refractivity contribution in [1.29, 1.82) is 0 Å². The Morgan fingerprint density at radius 3 is 2.48 bits per heavy atom. The Balaban J connectivity index is 2.23. The van der Waals surface area contributed by atoms with E-state index in [1.807, 2.05) is 20.8 Å². The molecule has 1 N–H and O–H groups in total. The number of nitrogens with zero attached hydrogens (tertiary/aromatic N) is 1. The van der Waals surface area contributed by atoms with Crippen LogP contribution in [0.4, 0.5) is 4.39 Å². The molecule has 1 aliphatic rings. The third-order valence-electron chi connectivity index (χ3n) is 4.37. The quantitative estimate of drug-likeness (QED) is 0.906. The molecule has 1 fully saturated rings. The lowest BCUT2D eigenvalue weighted by atomic mass is 9.73. The molecule has 0 saturated carbocycles. The van der Waals surface area contributed by atoms with Gasteiger partial charge in [-0.25, -0.2) is 4.39 Å². The lowest BCUT2D eigenvalue weighted by Crippen LogP contribution is -2.52. The van der Waals surface area contributed by atoms with Gasteiger partial charge in [0.2, 0.25) is 11.8 Å². The van der Waals surface area contributed by atoms with Crippen molar-refractivity contribution in [2.75, 3.05) is 26.8 Å². The molecule has 0 bridgehead atoms. The van der Waals surface area contributed by atoms with Crippen molar-refractivity contribution >= 4 is 11.8 Å². The number of amides is 2. The largest absolute Gasteiger partial charge is 0.381 e. The average molecular weight is 350 g/mol. The van der Waals surface area contributed by atoms with E-state index in [9.17, 15) is 14.0 Å². The van der Waals surface area contributed by atoms with E-state index in [0.717, 1.165) is 0 Å². The molecule has 0 spiro atoms. The molecule has 2 rings (SSSR count). The highest BCUT2D eigenvalue weighted by Gasteiger charge is 2.43. The maximum absolute atomic E-state index is 13.7. The third-order valence-corrected chi connectivity index (χ3v) is 4.37. The predicted octanol–water partition coefficient (Wildman–Crippen LogP) is 2.25. The molecule has 0 radical (unpaired) electrons. The van der Waals surface area contributed by atoms with Crippen LogP contribution in [0.15, 0.2) is 24.3 Å². The molecule has 0 atom stereocenters. The zero-order valence-corrected chi connectivity index (χ0v) is 15.4. The summed E-state index contributed by atoms with van der Waals surface area (Å²) in [6, 6.07) is 6.16. The number of hydrogen-bond acceptors (Lipinski definition) is 3. The third kappa shape index (κ3) is 4.78. The van der Waals surface area contributed by atoms with Crippen molar-refractivity contribution in [2.24, 2.45) is 0 Å². The van der Waals surface area contributed by atoms with Gasteiger partial charge in [0, 0.05) is 25.8 Å². The molecule has 1 aromatic carbocycles. The van der Waals surface area contributed by atoms with Gasteiger partial charge in [-0.3, -0.25) is 9.59 Å². The molecular formula is C19H27FN2O3. The number of benzene rings is 1. The van der Waals surface area contributed by atoms with Crippen LogP contribution >= 0.6 is 0 Å². The highest BCUT2D eigenvalue weighted by molar-refractivity contribution is 5.91. The number of rotatable bonds is 4. The standard InChI is InChI=1S/C19H27FN2O3/c1-18(2,3)21-16(23)13-22(4)17(24)19(8-10-25-11-9-19)14-6-5-7-15(20)12-14/h5-7,12H,8-11,13H2,1-4H3,(H,21,23). The second kappa shape index (κ2) is 7.52. The van der Waals surface area contributed by atoms with Crippen molar-refractivity contribution in [3.8, 4) is 0 Å². The maximum Gasteiger partial charge on any atom is 0.240 e. The lowest BCUT2D eigenvalue weighted by molar-refractivity contribution is -0.143. The van der Waals surface area contributed by atoms with Crippen LogP contribution < -0.4 is 5.32 Å². The summed E-state index contributed by atoms with van der Waals surface area (Å²) in [6.45, 7) is 6.50. The fourth-order valence-corrected chi connectivity index (χ4v) is 3.24. The average Bonchev–Trinajstić information content (AvgIpc) is 2.52. The van der Waals surface area contributed by atoms with Gasteiger partial charge < -0.3 is 15.0 Å². The summed E-state index contributed by atoms with van der Waals surface area (Å²) < 4.78 is 19.1. The molecule has 1 heterocycles. The Morgan fingerprint density at radius 1 is 1.28 bits per heavy atom. The summed E-state index contributed by atoms with van der Waals surface area (Å²) in [6.07, 6.45) is 0.945. The number of likely N-dealkylation sites (N-methyl/N-ethyl adjacent to an activating group) is 1. The van der Waals surface area contributed by atoms with Gasteiger partial charge in [-0.2, -0.15) is 0 Å². The van der Waals surface area contributed by atoms with Crippen LogP contribution in [0.3, 0.4) is 0 Å². The molecule has 0 aromatic heterocycles. The van der Waals surface area contributed by atoms with Gasteiger partial charge in [-0.1, -0.05) is 12.1 Å². The van der Waals surface area contributed by atoms with E-state index < -0.39 is 5.41 Å². The van der Waals surface area contributed by atoms with Gasteiger partial charge in [-0.05, 0) is 51.3 Å². The van der Waals surface area contributed by atoms with Crippen molar-refractivity contribution in [1.82, 2.24) is 10.2 Å². The van der Waals surface area contributed by atoms with E-state index in [4.69, 9.17) is 4.74 Å². The molecule has 1 aliphatic heterocycles. The number of halogens is 1. The molecule has 5 nitrogen and oxygen atoms in total. The molecule has 1 aromatic rings. The van der Waals surface area contributed by atoms with E-state index in [2.05, 4.69) is 5.32 Å². The minimum atomic E-state index is -0.850. The van der Waals surface area contributed by atoms with Crippen molar-refractivity contribution < 1.29 is 18.7 Å². The topological polar surface area (TPSA) is 58.6 Å². The van der Waals surface area contributed by atoms with Crippen LogP contribution in [-0.2, 0) is 19.7 Å². The number of hydrogen-bond donors (Lipinski definition) is 1.